The number of nitrogens with one attached hydrogen (secondary N) is 2. The van der Waals surface area contributed by atoms with Crippen LogP contribution in [0.3, 0.4) is 0 Å². The predicted molar refractivity (Wildman–Crippen MR) is 108 cm³/mol. The second kappa shape index (κ2) is 7.32. The fraction of sp³-hybridized carbons (Fsp3) is 0.190. The molecule has 0 atom stereocenters. The Kier molecular flexibility index (Phi) is 4.73. The lowest BCUT2D eigenvalue weighted by Crippen LogP contribution is -2.11. The van der Waals surface area contributed by atoms with E-state index in [0.29, 0.717) is 0 Å². The van der Waals surface area contributed by atoms with Gasteiger partial charge in [0.05, 0.1) is 19.0 Å². The van der Waals surface area contributed by atoms with E-state index in [-0.39, 0.29) is 0 Å². The molecule has 2 heterocycles. The topological polar surface area (TPSA) is 49.9 Å². The number of methoxy groups -OCH3 is 1. The van der Waals surface area contributed by atoms with Crippen molar-refractivity contribution in [3.8, 4) is 17.0 Å². The molecule has 0 saturated carbocycles. The van der Waals surface area contributed by atoms with Crippen molar-refractivity contribution in [1.29, 1.82) is 0 Å². The fourth-order valence-corrected chi connectivity index (χ4v) is 3.96. The first-order chi connectivity index (χ1) is 12.7. The lowest BCUT2D eigenvalue weighted by Gasteiger charge is -2.07. The van der Waals surface area contributed by atoms with Crippen LogP contribution in [-0.4, -0.2) is 17.3 Å². The van der Waals surface area contributed by atoms with Gasteiger partial charge in [0.1, 0.15) is 5.75 Å². The largest absolute Gasteiger partial charge is 0.497 e. The monoisotopic (exact) mass is 363 g/mol. The minimum atomic E-state index is 0.781. The van der Waals surface area contributed by atoms with Gasteiger partial charge in [0.2, 0.25) is 0 Å². The number of aromatic amines is 1. The van der Waals surface area contributed by atoms with Gasteiger partial charge in [-0.1, -0.05) is 18.2 Å². The maximum Gasteiger partial charge on any atom is 0.119 e. The molecule has 26 heavy (non-hydrogen) atoms. The number of nitrogens with zero attached hydrogens (tertiary/aromatic N) is 1. The number of hydrogen-bond donors (Lipinski definition) is 2. The molecule has 5 heteroatoms. The molecule has 0 spiro atoms. The van der Waals surface area contributed by atoms with E-state index >= 15 is 0 Å². The van der Waals surface area contributed by atoms with Crippen LogP contribution in [0.15, 0.2) is 54.7 Å². The average molecular weight is 363 g/mol. The summed E-state index contributed by atoms with van der Waals surface area (Å²) in [6, 6.07) is 16.9. The zero-order valence-corrected chi connectivity index (χ0v) is 15.7. The molecule has 2 N–H and O–H groups in total. The summed E-state index contributed by atoms with van der Waals surface area (Å²) in [5.41, 5.74) is 3.38. The van der Waals surface area contributed by atoms with Crippen molar-refractivity contribution in [2.45, 2.75) is 20.0 Å². The lowest BCUT2D eigenvalue weighted by molar-refractivity contribution is 0.415. The number of fused-ring (bicyclic) bond motifs is 1. The van der Waals surface area contributed by atoms with E-state index in [0.717, 1.165) is 30.1 Å². The van der Waals surface area contributed by atoms with Crippen LogP contribution in [0, 0.1) is 6.92 Å². The molecule has 4 aromatic rings. The van der Waals surface area contributed by atoms with Gasteiger partial charge >= 0.3 is 0 Å². The Labute approximate surface area is 156 Å². The third-order valence-corrected chi connectivity index (χ3v) is 5.47. The van der Waals surface area contributed by atoms with Crippen LogP contribution in [-0.2, 0) is 13.1 Å². The Bertz CT molecular complexity index is 1030. The van der Waals surface area contributed by atoms with Gasteiger partial charge in [-0.3, -0.25) is 5.10 Å². The van der Waals surface area contributed by atoms with Gasteiger partial charge in [0.25, 0.3) is 0 Å². The van der Waals surface area contributed by atoms with Gasteiger partial charge < -0.3 is 10.1 Å². The van der Waals surface area contributed by atoms with E-state index in [1.807, 2.05) is 23.6 Å². The third kappa shape index (κ3) is 3.49. The highest BCUT2D eigenvalue weighted by molar-refractivity contribution is 7.11. The number of aryl methyl sites for hydroxylation is 1. The second-order valence-electron chi connectivity index (χ2n) is 6.31. The lowest BCUT2D eigenvalue weighted by atomic mass is 10.0. The molecule has 0 bridgehead atoms. The summed E-state index contributed by atoms with van der Waals surface area (Å²) in [5.74, 6) is 0.875. The fourth-order valence-electron chi connectivity index (χ4n) is 3.10. The number of thiophene rings is 1. The second-order valence-corrected chi connectivity index (χ2v) is 7.69. The summed E-state index contributed by atoms with van der Waals surface area (Å²) in [6.07, 6.45) is 1.90. The maximum absolute atomic E-state index is 5.30. The third-order valence-electron chi connectivity index (χ3n) is 4.46. The van der Waals surface area contributed by atoms with Crippen LogP contribution < -0.4 is 10.1 Å². The SMILES string of the molecule is COc1ccc2cc(-c3[nH]ncc3CNCc3ccc(C)s3)ccc2c1. The van der Waals surface area contributed by atoms with Crippen molar-refractivity contribution in [3.05, 3.63) is 70.0 Å². The van der Waals surface area contributed by atoms with Crippen LogP contribution >= 0.6 is 11.3 Å². The summed E-state index contributed by atoms with van der Waals surface area (Å²) < 4.78 is 5.30. The van der Waals surface area contributed by atoms with E-state index in [2.05, 4.69) is 64.9 Å². The molecule has 4 rings (SSSR count). The molecule has 0 radical (unpaired) electrons. The van der Waals surface area contributed by atoms with Crippen molar-refractivity contribution in [2.24, 2.45) is 0 Å². The molecule has 132 valence electrons. The molecule has 0 fully saturated rings. The van der Waals surface area contributed by atoms with E-state index in [9.17, 15) is 0 Å². The minimum absolute atomic E-state index is 0.781. The number of aromatic nitrogens is 2. The van der Waals surface area contributed by atoms with E-state index in [1.54, 1.807) is 7.11 Å². The Morgan fingerprint density at radius 2 is 1.88 bits per heavy atom. The molecule has 0 unspecified atom stereocenters. The summed E-state index contributed by atoms with van der Waals surface area (Å²) >= 11 is 1.83. The van der Waals surface area contributed by atoms with Crippen molar-refractivity contribution in [2.75, 3.05) is 7.11 Å². The number of rotatable bonds is 6. The van der Waals surface area contributed by atoms with Gasteiger partial charge in [0, 0.05) is 34.0 Å². The van der Waals surface area contributed by atoms with E-state index < -0.39 is 0 Å². The molecule has 0 aliphatic carbocycles. The van der Waals surface area contributed by atoms with Crippen LogP contribution in [0.5, 0.6) is 5.75 Å². The Morgan fingerprint density at radius 1 is 1.04 bits per heavy atom. The van der Waals surface area contributed by atoms with Gasteiger partial charge in [-0.15, -0.1) is 11.3 Å². The molecule has 0 saturated heterocycles. The standard InChI is InChI=1S/C21H21N3OS/c1-14-3-8-20(26-14)13-22-11-18-12-23-24-21(18)17-5-4-16-10-19(25-2)7-6-15(16)9-17/h3-10,12,22H,11,13H2,1-2H3,(H,23,24). The first-order valence-electron chi connectivity index (χ1n) is 8.59. The summed E-state index contributed by atoms with van der Waals surface area (Å²) in [5, 5.41) is 13.3. The first-order valence-corrected chi connectivity index (χ1v) is 9.41. The smallest absolute Gasteiger partial charge is 0.119 e. The molecule has 0 aliphatic heterocycles. The first kappa shape index (κ1) is 16.8. The highest BCUT2D eigenvalue weighted by atomic mass is 32.1. The van der Waals surface area contributed by atoms with Gasteiger partial charge in [-0.05, 0) is 48.0 Å². The van der Waals surface area contributed by atoms with Crippen LogP contribution in [0.4, 0.5) is 0 Å². The molecular weight excluding hydrogens is 342 g/mol. The number of hydrogen-bond acceptors (Lipinski definition) is 4. The summed E-state index contributed by atoms with van der Waals surface area (Å²) in [4.78, 5) is 2.70. The van der Waals surface area contributed by atoms with Gasteiger partial charge in [0.15, 0.2) is 0 Å². The minimum Gasteiger partial charge on any atom is -0.497 e. The Balaban J connectivity index is 1.53. The molecule has 0 amide bonds. The quantitative estimate of drug-likeness (QED) is 0.512. The Morgan fingerprint density at radius 3 is 2.69 bits per heavy atom. The van der Waals surface area contributed by atoms with Crippen LogP contribution in [0.1, 0.15) is 15.3 Å². The van der Waals surface area contributed by atoms with Crippen LogP contribution in [0.25, 0.3) is 22.0 Å². The zero-order chi connectivity index (χ0) is 17.9. The highest BCUT2D eigenvalue weighted by Crippen LogP contribution is 2.28. The van der Waals surface area contributed by atoms with E-state index in [1.165, 1.54) is 26.1 Å². The molecule has 2 aromatic carbocycles. The van der Waals surface area contributed by atoms with Crippen molar-refractivity contribution >= 4 is 22.1 Å². The maximum atomic E-state index is 5.30. The zero-order valence-electron chi connectivity index (χ0n) is 14.9. The number of ether oxygens (including phenoxy) is 1. The Hall–Kier alpha value is -2.63. The number of H-pyrrole nitrogens is 1. The van der Waals surface area contributed by atoms with E-state index in [4.69, 9.17) is 4.74 Å². The van der Waals surface area contributed by atoms with Gasteiger partial charge in [-0.2, -0.15) is 5.10 Å². The van der Waals surface area contributed by atoms with Crippen molar-refractivity contribution in [3.63, 3.8) is 0 Å². The van der Waals surface area contributed by atoms with Gasteiger partial charge in [-0.25, -0.2) is 0 Å². The molecular formula is C21H21N3OS. The molecule has 0 aliphatic rings. The molecule has 4 nitrogen and oxygen atoms in total. The molecule has 2 aromatic heterocycles. The normalized spacial score (nSPS) is 11.2. The summed E-state index contributed by atoms with van der Waals surface area (Å²) in [6.45, 7) is 3.79. The van der Waals surface area contributed by atoms with Crippen LogP contribution in [0.2, 0.25) is 0 Å². The van der Waals surface area contributed by atoms with Crippen molar-refractivity contribution in [1.82, 2.24) is 15.5 Å². The summed E-state index contributed by atoms with van der Waals surface area (Å²) in [7, 11) is 1.69. The van der Waals surface area contributed by atoms with Crippen molar-refractivity contribution < 1.29 is 4.74 Å². The number of benzene rings is 2. The predicted octanol–water partition coefficient (Wildman–Crippen LogP) is 4.90. The average Bonchev–Trinajstić information content (AvgIpc) is 3.30. The highest BCUT2D eigenvalue weighted by Gasteiger charge is 2.09.